The van der Waals surface area contributed by atoms with Crippen molar-refractivity contribution in [3.8, 4) is 16.9 Å². The van der Waals surface area contributed by atoms with E-state index in [0.717, 1.165) is 30.4 Å². The number of unbranched alkanes of at least 4 members (excludes halogenated alkanes) is 3. The third-order valence-corrected chi connectivity index (χ3v) is 10.3. The average molecular weight is 889 g/mol. The van der Waals surface area contributed by atoms with Gasteiger partial charge in [-0.25, -0.2) is 0 Å². The summed E-state index contributed by atoms with van der Waals surface area (Å²) in [7, 11) is -2.08. The van der Waals surface area contributed by atoms with Crippen molar-refractivity contribution in [1.82, 2.24) is 31.9 Å². The molecule has 0 fully saturated rings. The fourth-order valence-corrected chi connectivity index (χ4v) is 6.51. The number of amides is 6. The number of carbonyl (C=O) groups is 6. The van der Waals surface area contributed by atoms with Crippen LogP contribution in [0.1, 0.15) is 86.2 Å². The zero-order valence-electron chi connectivity index (χ0n) is 36.4. The Hall–Kier alpha value is -5.90. The molecule has 3 rings (SSSR count). The monoisotopic (exact) mass is 889 g/mol. The third-order valence-electron chi connectivity index (χ3n) is 10.3. The van der Waals surface area contributed by atoms with Crippen molar-refractivity contribution in [3.63, 3.8) is 0 Å². The van der Waals surface area contributed by atoms with Crippen LogP contribution in [0, 0.1) is 0 Å². The maximum absolute atomic E-state index is 13.8. The van der Waals surface area contributed by atoms with Gasteiger partial charge in [-0.15, -0.1) is 0 Å². The largest absolute Gasteiger partial charge is 0.508 e. The van der Waals surface area contributed by atoms with Gasteiger partial charge in [0, 0.05) is 24.9 Å². The molecule has 3 aromatic rings. The Balaban J connectivity index is 1.66. The SMILES string of the molecule is CCCCc1ccc(-c2ccc(C(=O)NCCC(=O)N[C@@H](CCCCN)C(=O)N[C@@H](Cc3ccc(O)cc3)C(=O)N[C@@H](N)C(=O)N[C@@H](CCCCN)C(=O)N[C@@H](N)B(O)O)cc2)cc1. The van der Waals surface area contributed by atoms with E-state index < -0.39 is 67.0 Å². The molecular formula is C44H65BN10O9. The van der Waals surface area contributed by atoms with E-state index in [1.54, 1.807) is 12.1 Å². The van der Waals surface area contributed by atoms with Crippen LogP contribution in [0.2, 0.25) is 0 Å². The second kappa shape index (κ2) is 28.0. The maximum atomic E-state index is 13.8. The molecule has 0 bridgehead atoms. The van der Waals surface area contributed by atoms with Gasteiger partial charge < -0.3 is 70.0 Å². The molecule has 17 N–H and O–H groups in total. The van der Waals surface area contributed by atoms with E-state index in [2.05, 4.69) is 63.1 Å². The Morgan fingerprint density at radius 3 is 1.69 bits per heavy atom. The summed E-state index contributed by atoms with van der Waals surface area (Å²) in [5.74, 6) is -4.38. The lowest BCUT2D eigenvalue weighted by atomic mass is 9.86. The Morgan fingerprint density at radius 1 is 0.609 bits per heavy atom. The van der Waals surface area contributed by atoms with Gasteiger partial charge in [-0.05, 0) is 111 Å². The number of hydrogen-bond acceptors (Lipinski definition) is 13. The van der Waals surface area contributed by atoms with Crippen molar-refractivity contribution < 1.29 is 43.9 Å². The molecule has 20 heteroatoms. The van der Waals surface area contributed by atoms with Crippen LogP contribution >= 0.6 is 0 Å². The van der Waals surface area contributed by atoms with Gasteiger partial charge >= 0.3 is 7.12 Å². The summed E-state index contributed by atoms with van der Waals surface area (Å²) in [4.78, 5) is 79.7. The predicted octanol–water partition coefficient (Wildman–Crippen LogP) is -0.709. The zero-order valence-corrected chi connectivity index (χ0v) is 36.4. The lowest BCUT2D eigenvalue weighted by Gasteiger charge is -2.26. The van der Waals surface area contributed by atoms with Crippen LogP contribution in [0.5, 0.6) is 5.75 Å². The summed E-state index contributed by atoms with van der Waals surface area (Å²) in [6, 6.07) is 16.1. The van der Waals surface area contributed by atoms with Crippen molar-refractivity contribution in [2.75, 3.05) is 19.6 Å². The number of carbonyl (C=O) groups excluding carboxylic acids is 6. The van der Waals surface area contributed by atoms with Crippen molar-refractivity contribution >= 4 is 42.6 Å². The third kappa shape index (κ3) is 18.4. The molecule has 64 heavy (non-hydrogen) atoms. The highest BCUT2D eigenvalue weighted by Crippen LogP contribution is 2.21. The molecule has 0 aliphatic heterocycles. The van der Waals surface area contributed by atoms with Crippen LogP contribution in [0.3, 0.4) is 0 Å². The van der Waals surface area contributed by atoms with E-state index in [4.69, 9.17) is 22.9 Å². The Labute approximate surface area is 374 Å². The summed E-state index contributed by atoms with van der Waals surface area (Å²) < 4.78 is 0. The molecule has 0 radical (unpaired) electrons. The van der Waals surface area contributed by atoms with E-state index in [9.17, 15) is 43.9 Å². The molecular weight excluding hydrogens is 823 g/mol. The van der Waals surface area contributed by atoms with Crippen LogP contribution in [-0.4, -0.2) is 108 Å². The molecule has 0 unspecified atom stereocenters. The molecule has 19 nitrogen and oxygen atoms in total. The van der Waals surface area contributed by atoms with E-state index in [0.29, 0.717) is 49.9 Å². The fraction of sp³-hybridized carbons (Fsp3) is 0.455. The first-order valence-electron chi connectivity index (χ1n) is 21.7. The number of hydrogen-bond donors (Lipinski definition) is 13. The summed E-state index contributed by atoms with van der Waals surface area (Å²) in [6.45, 7) is 2.77. The number of phenolic OH excluding ortho intramolecular Hbond substituents is 1. The average Bonchev–Trinajstić information content (AvgIpc) is 3.28. The maximum Gasteiger partial charge on any atom is 0.490 e. The molecule has 0 spiro atoms. The van der Waals surface area contributed by atoms with E-state index in [1.807, 2.05) is 12.1 Å². The molecule has 0 aliphatic carbocycles. The summed E-state index contributed by atoms with van der Waals surface area (Å²) >= 11 is 0. The molecule has 6 amide bonds. The van der Waals surface area contributed by atoms with E-state index in [1.165, 1.54) is 29.8 Å². The van der Waals surface area contributed by atoms with Gasteiger partial charge in [0.25, 0.3) is 11.8 Å². The summed E-state index contributed by atoms with van der Waals surface area (Å²) in [6.07, 6.45) is 3.40. The van der Waals surface area contributed by atoms with Gasteiger partial charge in [0.05, 0.1) is 0 Å². The number of benzene rings is 3. The molecule has 0 heterocycles. The standard InChI is InChI=1S/C44H65BN10O9/c1-2-3-8-28-11-15-30(16-12-28)31-17-19-32(20-18-31)39(58)50-26-23-37(57)51-34(9-4-6-24-46)40(59)53-36(27-29-13-21-33(56)22-14-29)42(61)54-38(48)43(62)52-35(10-5-7-25-47)41(60)55-44(49)45(63)64/h11-22,34-36,38,44,56,63-64H,2-10,23-27,46-49H2,1H3,(H,50,58)(H,51,57)(H,52,62)(H,53,59)(H,54,61)(H,55,60)/t34-,35-,36-,38+,44+/m0/s1. The van der Waals surface area contributed by atoms with Crippen molar-refractivity contribution in [2.45, 2.75) is 108 Å². The zero-order chi connectivity index (χ0) is 47.0. The highest BCUT2D eigenvalue weighted by Gasteiger charge is 2.31. The number of nitrogens with two attached hydrogens (primary N) is 4. The molecule has 0 aliphatic rings. The fourth-order valence-electron chi connectivity index (χ4n) is 6.51. The smallest absolute Gasteiger partial charge is 0.490 e. The van der Waals surface area contributed by atoms with Crippen molar-refractivity contribution in [2.24, 2.45) is 22.9 Å². The molecule has 348 valence electrons. The molecule has 0 saturated carbocycles. The lowest BCUT2D eigenvalue weighted by Crippen LogP contribution is -2.62. The Morgan fingerprint density at radius 2 is 1.12 bits per heavy atom. The molecule has 3 aromatic carbocycles. The molecule has 0 aromatic heterocycles. The summed E-state index contributed by atoms with van der Waals surface area (Å²) in [5, 5.41) is 43.5. The molecule has 5 atom stereocenters. The lowest BCUT2D eigenvalue weighted by molar-refractivity contribution is -0.134. The number of nitrogens with one attached hydrogen (secondary N) is 6. The highest BCUT2D eigenvalue weighted by molar-refractivity contribution is 6.43. The van der Waals surface area contributed by atoms with Gasteiger partial charge in [0.1, 0.15) is 29.9 Å². The minimum atomic E-state index is -2.08. The van der Waals surface area contributed by atoms with Crippen molar-refractivity contribution in [3.05, 3.63) is 89.5 Å². The Kier molecular flexibility index (Phi) is 23.0. The first-order chi connectivity index (χ1) is 30.6. The molecule has 0 saturated heterocycles. The van der Waals surface area contributed by atoms with Gasteiger partial charge in [-0.1, -0.05) is 61.9 Å². The van der Waals surface area contributed by atoms with Gasteiger partial charge in [-0.2, -0.15) is 0 Å². The van der Waals surface area contributed by atoms with Crippen LogP contribution in [0.15, 0.2) is 72.8 Å². The first kappa shape index (κ1) is 52.4. The Bertz CT molecular complexity index is 1940. The topological polar surface area (TPSA) is 339 Å². The first-order valence-corrected chi connectivity index (χ1v) is 21.7. The normalized spacial score (nSPS) is 13.3. The van der Waals surface area contributed by atoms with Crippen molar-refractivity contribution in [1.29, 1.82) is 0 Å². The number of phenols is 1. The predicted molar refractivity (Wildman–Crippen MR) is 243 cm³/mol. The quantitative estimate of drug-likeness (QED) is 0.0244. The number of rotatable bonds is 28. The van der Waals surface area contributed by atoms with Gasteiger partial charge in [0.2, 0.25) is 23.6 Å². The summed E-state index contributed by atoms with van der Waals surface area (Å²) in [5.41, 5.74) is 27.1. The van der Waals surface area contributed by atoms with E-state index >= 15 is 0 Å². The second-order valence-corrected chi connectivity index (χ2v) is 15.5. The minimum absolute atomic E-state index is 0.0274. The van der Waals surface area contributed by atoms with Crippen LogP contribution in [0.25, 0.3) is 11.1 Å². The van der Waals surface area contributed by atoms with Crippen LogP contribution in [-0.2, 0) is 36.8 Å². The second-order valence-electron chi connectivity index (χ2n) is 15.5. The van der Waals surface area contributed by atoms with Gasteiger partial charge in [-0.3, -0.25) is 28.8 Å². The van der Waals surface area contributed by atoms with Gasteiger partial charge in [0.15, 0.2) is 6.17 Å². The van der Waals surface area contributed by atoms with Crippen LogP contribution < -0.4 is 54.8 Å². The minimum Gasteiger partial charge on any atom is -0.508 e. The number of aryl methyl sites for hydroxylation is 1. The highest BCUT2D eigenvalue weighted by atomic mass is 16.4. The number of aromatic hydroxyl groups is 1. The van der Waals surface area contributed by atoms with E-state index in [-0.39, 0.29) is 43.9 Å². The van der Waals surface area contributed by atoms with Crippen LogP contribution in [0.4, 0.5) is 0 Å².